The number of nitrogens with two attached hydrogens (primary N) is 1. The van der Waals surface area contributed by atoms with Gasteiger partial charge in [0.25, 0.3) is 0 Å². The van der Waals surface area contributed by atoms with Crippen LogP contribution in [0.3, 0.4) is 0 Å². The average molecular weight is 195 g/mol. The molecule has 2 atom stereocenters. The molecule has 2 fully saturated rings. The Morgan fingerprint density at radius 1 is 1.43 bits per heavy atom. The van der Waals surface area contributed by atoms with Gasteiger partial charge in [-0.15, -0.1) is 0 Å². The van der Waals surface area contributed by atoms with Gasteiger partial charge >= 0.3 is 6.03 Å². The number of hydrogen-bond acceptors (Lipinski definition) is 2. The first kappa shape index (κ1) is 9.49. The summed E-state index contributed by atoms with van der Waals surface area (Å²) >= 11 is 0. The van der Waals surface area contributed by atoms with Crippen LogP contribution in [0.2, 0.25) is 0 Å². The Morgan fingerprint density at radius 3 is 3.07 bits per heavy atom. The van der Waals surface area contributed by atoms with Gasteiger partial charge in [0.15, 0.2) is 0 Å². The van der Waals surface area contributed by atoms with Crippen LogP contribution in [0.15, 0.2) is 5.10 Å². The first-order valence-corrected chi connectivity index (χ1v) is 5.37. The second-order valence-electron chi connectivity index (χ2n) is 4.35. The number of urea groups is 1. The molecule has 0 heterocycles. The molecule has 3 N–H and O–H groups in total. The first-order valence-electron chi connectivity index (χ1n) is 5.37. The molecular weight excluding hydrogens is 178 g/mol. The predicted octanol–water partition coefficient (Wildman–Crippen LogP) is 1.61. The van der Waals surface area contributed by atoms with E-state index in [0.717, 1.165) is 18.1 Å². The van der Waals surface area contributed by atoms with Gasteiger partial charge in [-0.3, -0.25) is 0 Å². The van der Waals surface area contributed by atoms with Crippen molar-refractivity contribution in [3.05, 3.63) is 0 Å². The Hall–Kier alpha value is -1.06. The van der Waals surface area contributed by atoms with Gasteiger partial charge in [0.2, 0.25) is 0 Å². The number of carbonyl (C=O) groups is 1. The molecule has 2 aliphatic rings. The molecule has 0 saturated heterocycles. The summed E-state index contributed by atoms with van der Waals surface area (Å²) in [7, 11) is 0. The molecule has 78 valence electrons. The smallest absolute Gasteiger partial charge is 0.332 e. The Kier molecular flexibility index (Phi) is 2.70. The van der Waals surface area contributed by atoms with E-state index in [1.165, 1.54) is 32.1 Å². The minimum atomic E-state index is -0.560. The zero-order chi connectivity index (χ0) is 9.97. The third-order valence-corrected chi connectivity index (χ3v) is 3.37. The molecule has 0 aromatic rings. The van der Waals surface area contributed by atoms with Gasteiger partial charge in [0.05, 0.1) is 0 Å². The van der Waals surface area contributed by atoms with Crippen LogP contribution >= 0.6 is 0 Å². The molecule has 0 radical (unpaired) electrons. The van der Waals surface area contributed by atoms with E-state index < -0.39 is 6.03 Å². The first-order chi connectivity index (χ1) is 6.75. The summed E-state index contributed by atoms with van der Waals surface area (Å²) in [6, 6.07) is -0.560. The molecule has 2 saturated carbocycles. The van der Waals surface area contributed by atoms with Crippen LogP contribution in [0.4, 0.5) is 4.79 Å². The van der Waals surface area contributed by atoms with Crippen molar-refractivity contribution in [2.75, 3.05) is 0 Å². The summed E-state index contributed by atoms with van der Waals surface area (Å²) in [5, 5.41) is 4.10. The third kappa shape index (κ3) is 2.05. The summed E-state index contributed by atoms with van der Waals surface area (Å²) < 4.78 is 0. The molecule has 0 aromatic heterocycles. The maximum absolute atomic E-state index is 10.5. The average Bonchev–Trinajstić information content (AvgIpc) is 2.17. The van der Waals surface area contributed by atoms with Crippen LogP contribution in [-0.2, 0) is 0 Å². The molecular formula is C10H17N3O. The topological polar surface area (TPSA) is 67.5 Å². The van der Waals surface area contributed by atoms with Crippen molar-refractivity contribution in [2.45, 2.75) is 38.5 Å². The van der Waals surface area contributed by atoms with Gasteiger partial charge < -0.3 is 5.73 Å². The van der Waals surface area contributed by atoms with Gasteiger partial charge in [0.1, 0.15) is 0 Å². The minimum Gasteiger partial charge on any atom is -0.350 e. The fourth-order valence-electron chi connectivity index (χ4n) is 2.69. The van der Waals surface area contributed by atoms with Crippen molar-refractivity contribution < 1.29 is 4.79 Å². The zero-order valence-corrected chi connectivity index (χ0v) is 8.33. The fraction of sp³-hybridized carbons (Fsp3) is 0.800. The molecule has 0 aromatic carbocycles. The number of nitrogens with zero attached hydrogens (tertiary/aromatic N) is 1. The Bertz CT molecular complexity index is 262. The highest BCUT2D eigenvalue weighted by molar-refractivity contribution is 5.88. The zero-order valence-electron chi connectivity index (χ0n) is 8.33. The summed E-state index contributed by atoms with van der Waals surface area (Å²) in [4.78, 5) is 10.5. The second-order valence-corrected chi connectivity index (χ2v) is 4.35. The van der Waals surface area contributed by atoms with E-state index in [1.807, 2.05) is 0 Å². The van der Waals surface area contributed by atoms with Gasteiger partial charge in [0, 0.05) is 5.71 Å². The SMILES string of the molecule is NC(=O)NN=C1CC[C@@H]2CCC[C@@H]1C2. The Morgan fingerprint density at radius 2 is 2.29 bits per heavy atom. The van der Waals surface area contributed by atoms with Crippen molar-refractivity contribution >= 4 is 11.7 Å². The molecule has 4 heteroatoms. The summed E-state index contributed by atoms with van der Waals surface area (Å²) in [5.74, 6) is 1.51. The standard InChI is InChI=1S/C10H17N3O/c11-10(14)13-12-9-5-4-7-2-1-3-8(9)6-7/h7-8H,1-6H2,(H3,11,13,14)/t7-,8+/m0/s1. The highest BCUT2D eigenvalue weighted by atomic mass is 16.2. The van der Waals surface area contributed by atoms with Crippen molar-refractivity contribution in [3.63, 3.8) is 0 Å². The quantitative estimate of drug-likeness (QED) is 0.613. The van der Waals surface area contributed by atoms with Crippen LogP contribution in [-0.4, -0.2) is 11.7 Å². The van der Waals surface area contributed by atoms with E-state index >= 15 is 0 Å². The second kappa shape index (κ2) is 3.98. The number of nitrogens with one attached hydrogen (secondary N) is 1. The number of amides is 2. The lowest BCUT2D eigenvalue weighted by atomic mass is 9.71. The maximum atomic E-state index is 10.5. The van der Waals surface area contributed by atoms with E-state index in [1.54, 1.807) is 0 Å². The maximum Gasteiger partial charge on any atom is 0.332 e. The van der Waals surface area contributed by atoms with Crippen LogP contribution in [0.1, 0.15) is 38.5 Å². The lowest BCUT2D eigenvalue weighted by Gasteiger charge is -2.35. The van der Waals surface area contributed by atoms with E-state index in [0.29, 0.717) is 5.92 Å². The molecule has 2 amide bonds. The van der Waals surface area contributed by atoms with Gasteiger partial charge in [-0.2, -0.15) is 5.10 Å². The molecule has 0 aliphatic heterocycles. The third-order valence-electron chi connectivity index (χ3n) is 3.37. The number of fused-ring (bicyclic) bond motifs is 2. The molecule has 4 nitrogen and oxygen atoms in total. The van der Waals surface area contributed by atoms with E-state index in [9.17, 15) is 4.79 Å². The molecule has 0 unspecified atom stereocenters. The van der Waals surface area contributed by atoms with Gasteiger partial charge in [-0.25, -0.2) is 10.2 Å². The number of hydrogen-bond donors (Lipinski definition) is 2. The molecule has 2 bridgehead atoms. The predicted molar refractivity (Wildman–Crippen MR) is 54.8 cm³/mol. The largest absolute Gasteiger partial charge is 0.350 e. The minimum absolute atomic E-state index is 0.560. The van der Waals surface area contributed by atoms with Gasteiger partial charge in [-0.1, -0.05) is 12.8 Å². The molecule has 0 spiro atoms. The normalized spacial score (nSPS) is 34.1. The highest BCUT2D eigenvalue weighted by Gasteiger charge is 2.30. The Labute approximate surface area is 83.9 Å². The molecule has 2 rings (SSSR count). The van der Waals surface area contributed by atoms with Gasteiger partial charge in [-0.05, 0) is 37.5 Å². The number of carbonyl (C=O) groups excluding carboxylic acids is 1. The molecule has 14 heavy (non-hydrogen) atoms. The highest BCUT2D eigenvalue weighted by Crippen LogP contribution is 2.38. The van der Waals surface area contributed by atoms with E-state index in [4.69, 9.17) is 5.73 Å². The monoisotopic (exact) mass is 195 g/mol. The van der Waals surface area contributed by atoms with Crippen LogP contribution in [0.25, 0.3) is 0 Å². The van der Waals surface area contributed by atoms with Crippen molar-refractivity contribution in [1.29, 1.82) is 0 Å². The summed E-state index contributed by atoms with van der Waals surface area (Å²) in [5.41, 5.74) is 8.48. The number of primary amides is 1. The number of hydrazone groups is 1. The summed E-state index contributed by atoms with van der Waals surface area (Å²) in [6.07, 6.45) is 7.46. The van der Waals surface area contributed by atoms with E-state index in [2.05, 4.69) is 10.5 Å². The molecule has 2 aliphatic carbocycles. The van der Waals surface area contributed by atoms with E-state index in [-0.39, 0.29) is 0 Å². The number of rotatable bonds is 1. The summed E-state index contributed by atoms with van der Waals surface area (Å²) in [6.45, 7) is 0. The Balaban J connectivity index is 1.98. The van der Waals surface area contributed by atoms with Crippen molar-refractivity contribution in [2.24, 2.45) is 22.7 Å². The lowest BCUT2D eigenvalue weighted by molar-refractivity contribution is 0.248. The van der Waals surface area contributed by atoms with Crippen LogP contribution in [0.5, 0.6) is 0 Å². The van der Waals surface area contributed by atoms with Crippen molar-refractivity contribution in [1.82, 2.24) is 5.43 Å². The van der Waals surface area contributed by atoms with Crippen LogP contribution in [0, 0.1) is 11.8 Å². The van der Waals surface area contributed by atoms with Crippen molar-refractivity contribution in [3.8, 4) is 0 Å². The van der Waals surface area contributed by atoms with Crippen LogP contribution < -0.4 is 11.2 Å². The fourth-order valence-corrected chi connectivity index (χ4v) is 2.69. The lowest BCUT2D eigenvalue weighted by Crippen LogP contribution is -2.32.